The highest BCUT2D eigenvalue weighted by atomic mass is 31.2. The molecule has 2 unspecified atom stereocenters. The minimum Gasteiger partial charge on any atom is -0.462 e. The summed E-state index contributed by atoms with van der Waals surface area (Å²) in [7, 11) is -9.90. The van der Waals surface area contributed by atoms with E-state index >= 15 is 0 Å². The summed E-state index contributed by atoms with van der Waals surface area (Å²) in [4.78, 5) is 72.5. The molecule has 0 aliphatic rings. The molecule has 5 atom stereocenters. The van der Waals surface area contributed by atoms with Gasteiger partial charge in [0.2, 0.25) is 0 Å². The number of carbonyl (C=O) groups is 4. The van der Waals surface area contributed by atoms with Gasteiger partial charge in [0.25, 0.3) is 0 Å². The van der Waals surface area contributed by atoms with Crippen molar-refractivity contribution in [2.45, 2.75) is 407 Å². The molecule has 19 heteroatoms. The number of carbonyl (C=O) groups excluding carboxylic acids is 4. The minimum atomic E-state index is -4.95. The smallest absolute Gasteiger partial charge is 0.462 e. The van der Waals surface area contributed by atoms with Crippen molar-refractivity contribution in [3.8, 4) is 0 Å². The lowest BCUT2D eigenvalue weighted by Gasteiger charge is -2.21. The third-order valence-electron chi connectivity index (χ3n) is 17.5. The Morgan fingerprint density at radius 2 is 0.489 bits per heavy atom. The van der Waals surface area contributed by atoms with E-state index in [9.17, 15) is 43.2 Å². The number of rotatable bonds is 74. The van der Waals surface area contributed by atoms with Gasteiger partial charge in [-0.1, -0.05) is 337 Å². The van der Waals surface area contributed by atoms with Crippen LogP contribution in [0.2, 0.25) is 0 Å². The third kappa shape index (κ3) is 68.6. The largest absolute Gasteiger partial charge is 0.472 e. The lowest BCUT2D eigenvalue weighted by molar-refractivity contribution is -0.161. The summed E-state index contributed by atoms with van der Waals surface area (Å²) in [5.41, 5.74) is 0. The van der Waals surface area contributed by atoms with Gasteiger partial charge < -0.3 is 33.8 Å². The second-order valence-electron chi connectivity index (χ2n) is 28.0. The van der Waals surface area contributed by atoms with Crippen molar-refractivity contribution < 1.29 is 80.2 Å². The number of esters is 4. The van der Waals surface area contributed by atoms with E-state index in [2.05, 4.69) is 41.5 Å². The fourth-order valence-electron chi connectivity index (χ4n) is 11.5. The molecule has 94 heavy (non-hydrogen) atoms. The zero-order valence-corrected chi connectivity index (χ0v) is 63.1. The van der Waals surface area contributed by atoms with Crippen molar-refractivity contribution in [1.29, 1.82) is 0 Å². The van der Waals surface area contributed by atoms with Crippen molar-refractivity contribution in [3.05, 3.63) is 0 Å². The Hall–Kier alpha value is -1.94. The average molecular weight is 1380 g/mol. The van der Waals surface area contributed by atoms with Crippen LogP contribution in [0.4, 0.5) is 0 Å². The summed E-state index contributed by atoms with van der Waals surface area (Å²) in [6.07, 6.45) is 54.6. The lowest BCUT2D eigenvalue weighted by Crippen LogP contribution is -2.30. The number of phosphoric ester groups is 2. The Kier molecular flexibility index (Phi) is 65.5. The Morgan fingerprint density at radius 3 is 0.723 bits per heavy atom. The molecule has 3 N–H and O–H groups in total. The molecule has 0 aromatic heterocycles. The summed E-state index contributed by atoms with van der Waals surface area (Å²) in [6.45, 7) is 9.51. The van der Waals surface area contributed by atoms with Crippen LogP contribution in [0.15, 0.2) is 0 Å². The number of unbranched alkanes of at least 4 members (excludes halogenated alkanes) is 44. The van der Waals surface area contributed by atoms with Gasteiger partial charge in [0.1, 0.15) is 19.3 Å². The van der Waals surface area contributed by atoms with Crippen LogP contribution in [0.3, 0.4) is 0 Å². The fraction of sp³-hybridized carbons (Fsp3) is 0.947. The summed E-state index contributed by atoms with van der Waals surface area (Å²) < 4.78 is 68.3. The molecule has 0 amide bonds. The van der Waals surface area contributed by atoms with Gasteiger partial charge in [-0.3, -0.25) is 37.3 Å². The van der Waals surface area contributed by atoms with Crippen molar-refractivity contribution >= 4 is 39.5 Å². The normalized spacial score (nSPS) is 14.0. The number of hydrogen-bond donors (Lipinski definition) is 3. The Balaban J connectivity index is 5.14. The van der Waals surface area contributed by atoms with E-state index in [1.165, 1.54) is 199 Å². The Morgan fingerprint density at radius 1 is 0.287 bits per heavy atom. The zero-order valence-electron chi connectivity index (χ0n) is 61.3. The van der Waals surface area contributed by atoms with Gasteiger partial charge in [0, 0.05) is 25.7 Å². The van der Waals surface area contributed by atoms with Gasteiger partial charge in [0.05, 0.1) is 26.4 Å². The maximum Gasteiger partial charge on any atom is 0.472 e. The fourth-order valence-corrected chi connectivity index (χ4v) is 13.1. The molecule has 0 saturated carbocycles. The summed E-state index contributed by atoms with van der Waals surface area (Å²) in [5.74, 6) is -0.577. The van der Waals surface area contributed by atoms with Crippen molar-refractivity contribution in [2.75, 3.05) is 39.6 Å². The zero-order chi connectivity index (χ0) is 69.3. The van der Waals surface area contributed by atoms with Crippen LogP contribution >= 0.6 is 15.6 Å². The first-order chi connectivity index (χ1) is 45.4. The van der Waals surface area contributed by atoms with Crippen LogP contribution in [0.25, 0.3) is 0 Å². The summed E-state index contributed by atoms with van der Waals surface area (Å²) in [6, 6.07) is 0. The monoisotopic (exact) mass is 1380 g/mol. The first-order valence-corrected chi connectivity index (χ1v) is 42.0. The van der Waals surface area contributed by atoms with E-state index in [0.29, 0.717) is 25.7 Å². The lowest BCUT2D eigenvalue weighted by atomic mass is 10.0. The Labute approximate surface area is 575 Å². The molecule has 17 nitrogen and oxygen atoms in total. The van der Waals surface area contributed by atoms with E-state index in [0.717, 1.165) is 108 Å². The van der Waals surface area contributed by atoms with Gasteiger partial charge in [-0.05, 0) is 37.5 Å². The summed E-state index contributed by atoms with van der Waals surface area (Å²) in [5, 5.41) is 10.6. The highest BCUT2D eigenvalue weighted by molar-refractivity contribution is 7.47. The molecular weight excluding hydrogens is 1230 g/mol. The van der Waals surface area contributed by atoms with E-state index in [1.54, 1.807) is 0 Å². The molecule has 0 fully saturated rings. The molecule has 0 rings (SSSR count). The van der Waals surface area contributed by atoms with Crippen LogP contribution in [-0.2, 0) is 65.4 Å². The van der Waals surface area contributed by atoms with Gasteiger partial charge in [0.15, 0.2) is 12.2 Å². The van der Waals surface area contributed by atoms with Gasteiger partial charge >= 0.3 is 39.5 Å². The average Bonchev–Trinajstić information content (AvgIpc) is 1.67. The highest BCUT2D eigenvalue weighted by Crippen LogP contribution is 2.45. The SMILES string of the molecule is CCCCCCCCCCCCCCCCCCCCCC(=O)O[C@H](COC(=O)CCCCCCCCCCCCCCCCC(C)C)COP(=O)(O)OC[C@@H](O)COP(=O)(O)OC[C@@H](COC(=O)CCCCCCC)OC(=O)CCCCCCCCCCCCC(C)C. The maximum absolute atomic E-state index is 13.1. The molecule has 0 aromatic carbocycles. The molecule has 0 aliphatic heterocycles. The second-order valence-corrected chi connectivity index (χ2v) is 30.9. The molecule has 0 radical (unpaired) electrons. The van der Waals surface area contributed by atoms with Crippen molar-refractivity contribution in [1.82, 2.24) is 0 Å². The van der Waals surface area contributed by atoms with Gasteiger partial charge in [-0.25, -0.2) is 9.13 Å². The molecular formula is C75H146O17P2. The van der Waals surface area contributed by atoms with Gasteiger partial charge in [-0.2, -0.15) is 0 Å². The molecule has 558 valence electrons. The number of hydrogen-bond acceptors (Lipinski definition) is 15. The van der Waals surface area contributed by atoms with Crippen LogP contribution in [0, 0.1) is 11.8 Å². The maximum atomic E-state index is 13.1. The Bertz CT molecular complexity index is 1820. The topological polar surface area (TPSA) is 237 Å². The van der Waals surface area contributed by atoms with Crippen LogP contribution in [-0.4, -0.2) is 96.7 Å². The molecule has 0 bridgehead atoms. The first kappa shape index (κ1) is 92.1. The first-order valence-electron chi connectivity index (χ1n) is 39.0. The highest BCUT2D eigenvalue weighted by Gasteiger charge is 2.30. The predicted octanol–water partition coefficient (Wildman–Crippen LogP) is 21.9. The standard InChI is InChI=1S/C75H146O17P2/c1-7-9-11-13-14-15-16-17-18-19-20-21-22-27-30-36-41-47-53-59-75(80)92-71(64-86-73(78)58-52-46-40-35-29-26-24-23-25-28-33-38-44-49-55-67(3)4)66-90-94(83,84)88-62-69(76)61-87-93(81,82)89-65-70(63-85-72(77)57-51-43-12-10-8-2)91-74(79)60-54-48-42-37-32-31-34-39-45-50-56-68(5)6/h67-71,76H,7-66H2,1-6H3,(H,81,82)(H,83,84)/t69-,70+,71+/m0/s1. The molecule has 0 heterocycles. The molecule has 0 aromatic rings. The van der Waals surface area contributed by atoms with Crippen LogP contribution in [0.1, 0.15) is 388 Å². The van der Waals surface area contributed by atoms with Crippen LogP contribution in [0.5, 0.6) is 0 Å². The van der Waals surface area contributed by atoms with E-state index in [4.69, 9.17) is 37.0 Å². The quantitative estimate of drug-likeness (QED) is 0.0222. The molecule has 0 aliphatic carbocycles. The second kappa shape index (κ2) is 66.9. The van der Waals surface area contributed by atoms with Crippen molar-refractivity contribution in [3.63, 3.8) is 0 Å². The van der Waals surface area contributed by atoms with E-state index < -0.39 is 97.5 Å². The minimum absolute atomic E-state index is 0.105. The predicted molar refractivity (Wildman–Crippen MR) is 381 cm³/mol. The van der Waals surface area contributed by atoms with Crippen molar-refractivity contribution in [2.24, 2.45) is 11.8 Å². The van der Waals surface area contributed by atoms with E-state index in [-0.39, 0.29) is 25.7 Å². The number of aliphatic hydroxyl groups is 1. The number of aliphatic hydroxyl groups excluding tert-OH is 1. The van der Waals surface area contributed by atoms with Gasteiger partial charge in [-0.15, -0.1) is 0 Å². The van der Waals surface area contributed by atoms with Crippen LogP contribution < -0.4 is 0 Å². The number of phosphoric acid groups is 2. The van der Waals surface area contributed by atoms with E-state index in [1.807, 2.05) is 0 Å². The molecule has 0 spiro atoms. The number of ether oxygens (including phenoxy) is 4. The third-order valence-corrected chi connectivity index (χ3v) is 19.4. The summed E-state index contributed by atoms with van der Waals surface area (Å²) >= 11 is 0. The molecule has 0 saturated heterocycles.